The van der Waals surface area contributed by atoms with Crippen molar-refractivity contribution in [3.63, 3.8) is 0 Å². The highest BCUT2D eigenvalue weighted by Crippen LogP contribution is 2.02. The first-order valence-corrected chi connectivity index (χ1v) is 7.36. The van der Waals surface area contributed by atoms with Crippen LogP contribution in [-0.4, -0.2) is 67.7 Å². The van der Waals surface area contributed by atoms with E-state index in [4.69, 9.17) is 5.11 Å². The summed E-state index contributed by atoms with van der Waals surface area (Å²) in [6, 6.07) is 0.330. The van der Waals surface area contributed by atoms with Crippen LogP contribution < -0.4 is 0 Å². The molecule has 0 aromatic heterocycles. The fraction of sp³-hybridized carbons (Fsp3) is 0.900. The summed E-state index contributed by atoms with van der Waals surface area (Å²) < 4.78 is 24.1. The summed E-state index contributed by atoms with van der Waals surface area (Å²) in [6.07, 6.45) is 0.933. The summed E-state index contributed by atoms with van der Waals surface area (Å²) in [4.78, 5) is 12.5. The SMILES string of the molecule is CC(C)N(C)CCN(CCC(=O)O)S(C)(=O)=O. The summed E-state index contributed by atoms with van der Waals surface area (Å²) >= 11 is 0. The zero-order valence-electron chi connectivity index (χ0n) is 10.9. The van der Waals surface area contributed by atoms with Gasteiger partial charge in [-0.25, -0.2) is 12.7 Å². The molecule has 0 unspecified atom stereocenters. The second-order valence-electron chi connectivity index (χ2n) is 4.38. The van der Waals surface area contributed by atoms with Crippen LogP contribution in [0.4, 0.5) is 0 Å². The molecule has 0 aliphatic carbocycles. The molecule has 0 amide bonds. The van der Waals surface area contributed by atoms with Gasteiger partial charge in [-0.1, -0.05) is 0 Å². The Bertz CT molecular complexity index is 340. The number of hydrogen-bond acceptors (Lipinski definition) is 4. The standard InChI is InChI=1S/C10H22N2O4S/c1-9(2)11(3)7-8-12(17(4,15)16)6-5-10(13)14/h9H,5-8H2,1-4H3,(H,13,14). The zero-order valence-corrected chi connectivity index (χ0v) is 11.7. The highest BCUT2D eigenvalue weighted by atomic mass is 32.2. The third-order valence-corrected chi connectivity index (χ3v) is 3.93. The van der Waals surface area contributed by atoms with E-state index in [0.29, 0.717) is 19.1 Å². The van der Waals surface area contributed by atoms with Crippen molar-refractivity contribution in [2.24, 2.45) is 0 Å². The maximum absolute atomic E-state index is 11.4. The minimum absolute atomic E-state index is 0.0279. The fourth-order valence-corrected chi connectivity index (χ4v) is 2.03. The molecule has 0 aliphatic rings. The van der Waals surface area contributed by atoms with Crippen LogP contribution in [0.2, 0.25) is 0 Å². The lowest BCUT2D eigenvalue weighted by Gasteiger charge is -2.25. The molecule has 0 saturated carbocycles. The number of likely N-dealkylation sites (N-methyl/N-ethyl adjacent to an activating group) is 1. The van der Waals surface area contributed by atoms with Gasteiger partial charge in [0.05, 0.1) is 12.7 Å². The van der Waals surface area contributed by atoms with E-state index in [1.807, 2.05) is 25.8 Å². The Kier molecular flexibility index (Phi) is 6.66. The fourth-order valence-electron chi connectivity index (χ4n) is 1.19. The molecule has 1 N–H and O–H groups in total. The van der Waals surface area contributed by atoms with E-state index in [1.165, 1.54) is 4.31 Å². The highest BCUT2D eigenvalue weighted by Gasteiger charge is 2.18. The monoisotopic (exact) mass is 266 g/mol. The van der Waals surface area contributed by atoms with Gasteiger partial charge in [-0.15, -0.1) is 0 Å². The van der Waals surface area contributed by atoms with Gasteiger partial charge in [0.15, 0.2) is 0 Å². The Balaban J connectivity index is 4.36. The van der Waals surface area contributed by atoms with Gasteiger partial charge >= 0.3 is 5.97 Å². The first-order valence-electron chi connectivity index (χ1n) is 5.51. The van der Waals surface area contributed by atoms with Crippen molar-refractivity contribution in [3.8, 4) is 0 Å². The van der Waals surface area contributed by atoms with Crippen molar-refractivity contribution >= 4 is 16.0 Å². The van der Waals surface area contributed by atoms with Crippen LogP contribution in [0.15, 0.2) is 0 Å². The van der Waals surface area contributed by atoms with E-state index in [2.05, 4.69) is 0 Å². The van der Waals surface area contributed by atoms with Crippen LogP contribution in [0.1, 0.15) is 20.3 Å². The molecule has 6 nitrogen and oxygen atoms in total. The Morgan fingerprint density at radius 1 is 1.24 bits per heavy atom. The van der Waals surface area contributed by atoms with Gasteiger partial charge in [0, 0.05) is 25.7 Å². The van der Waals surface area contributed by atoms with Gasteiger partial charge in [0.25, 0.3) is 0 Å². The van der Waals surface area contributed by atoms with Crippen LogP contribution in [-0.2, 0) is 14.8 Å². The molecule has 0 radical (unpaired) electrons. The Hall–Kier alpha value is -0.660. The van der Waals surface area contributed by atoms with E-state index in [1.54, 1.807) is 0 Å². The molecule has 0 aromatic carbocycles. The maximum Gasteiger partial charge on any atom is 0.304 e. The molecule has 7 heteroatoms. The number of carboxylic acid groups (broad SMARTS) is 1. The van der Waals surface area contributed by atoms with E-state index >= 15 is 0 Å². The number of nitrogens with zero attached hydrogens (tertiary/aromatic N) is 2. The Morgan fingerprint density at radius 2 is 1.76 bits per heavy atom. The first kappa shape index (κ1) is 16.3. The average Bonchev–Trinajstić information content (AvgIpc) is 2.14. The predicted octanol–water partition coefficient (Wildman–Crippen LogP) is 0.0629. The van der Waals surface area contributed by atoms with Gasteiger partial charge in [-0.3, -0.25) is 4.79 Å². The molecule has 0 bridgehead atoms. The summed E-state index contributed by atoms with van der Waals surface area (Å²) in [7, 11) is -1.43. The molecular formula is C10H22N2O4S. The molecule has 0 fully saturated rings. The third kappa shape index (κ3) is 7.30. The van der Waals surface area contributed by atoms with E-state index < -0.39 is 16.0 Å². The lowest BCUT2D eigenvalue weighted by molar-refractivity contribution is -0.137. The van der Waals surface area contributed by atoms with Gasteiger partial charge < -0.3 is 10.0 Å². The highest BCUT2D eigenvalue weighted by molar-refractivity contribution is 7.88. The molecule has 0 saturated heterocycles. The van der Waals surface area contributed by atoms with Crippen LogP contribution in [0.3, 0.4) is 0 Å². The Morgan fingerprint density at radius 3 is 2.12 bits per heavy atom. The molecule has 17 heavy (non-hydrogen) atoms. The number of rotatable bonds is 8. The normalized spacial score (nSPS) is 12.6. The van der Waals surface area contributed by atoms with E-state index in [9.17, 15) is 13.2 Å². The summed E-state index contributed by atoms with van der Waals surface area (Å²) in [5.41, 5.74) is 0. The second kappa shape index (κ2) is 6.93. The molecule has 0 rings (SSSR count). The van der Waals surface area contributed by atoms with Gasteiger partial charge in [0.2, 0.25) is 10.0 Å². The lowest BCUT2D eigenvalue weighted by Crippen LogP contribution is -2.40. The lowest BCUT2D eigenvalue weighted by atomic mass is 10.3. The second-order valence-corrected chi connectivity index (χ2v) is 6.36. The number of carboxylic acids is 1. The predicted molar refractivity (Wildman–Crippen MR) is 66.4 cm³/mol. The summed E-state index contributed by atoms with van der Waals surface area (Å²) in [5.74, 6) is -0.990. The van der Waals surface area contributed by atoms with Gasteiger partial charge in [0.1, 0.15) is 0 Å². The van der Waals surface area contributed by atoms with Crippen molar-refractivity contribution < 1.29 is 18.3 Å². The van der Waals surface area contributed by atoms with Crippen LogP contribution >= 0.6 is 0 Å². The van der Waals surface area contributed by atoms with Crippen molar-refractivity contribution in [2.45, 2.75) is 26.3 Å². The largest absolute Gasteiger partial charge is 0.481 e. The van der Waals surface area contributed by atoms with Crippen molar-refractivity contribution in [1.29, 1.82) is 0 Å². The third-order valence-electron chi connectivity index (χ3n) is 2.63. The van der Waals surface area contributed by atoms with E-state index in [-0.39, 0.29) is 13.0 Å². The van der Waals surface area contributed by atoms with Crippen molar-refractivity contribution in [3.05, 3.63) is 0 Å². The topological polar surface area (TPSA) is 77.9 Å². The van der Waals surface area contributed by atoms with Gasteiger partial charge in [-0.05, 0) is 20.9 Å². The van der Waals surface area contributed by atoms with Crippen LogP contribution in [0, 0.1) is 0 Å². The average molecular weight is 266 g/mol. The molecule has 0 aliphatic heterocycles. The number of hydrogen-bond donors (Lipinski definition) is 1. The molecule has 0 aromatic rings. The molecule has 0 atom stereocenters. The van der Waals surface area contributed by atoms with Crippen LogP contribution in [0.25, 0.3) is 0 Å². The zero-order chi connectivity index (χ0) is 13.6. The number of aliphatic carboxylic acids is 1. The number of carbonyl (C=O) groups is 1. The van der Waals surface area contributed by atoms with Gasteiger partial charge in [-0.2, -0.15) is 0 Å². The van der Waals surface area contributed by atoms with Crippen molar-refractivity contribution in [1.82, 2.24) is 9.21 Å². The molecular weight excluding hydrogens is 244 g/mol. The quantitative estimate of drug-likeness (QED) is 0.672. The summed E-state index contributed by atoms with van der Waals surface area (Å²) in [5, 5.41) is 8.56. The maximum atomic E-state index is 11.4. The van der Waals surface area contributed by atoms with E-state index in [0.717, 1.165) is 6.26 Å². The first-order chi connectivity index (χ1) is 7.64. The minimum Gasteiger partial charge on any atom is -0.481 e. The van der Waals surface area contributed by atoms with Crippen molar-refractivity contribution in [2.75, 3.05) is 32.9 Å². The molecule has 102 valence electrons. The molecule has 0 spiro atoms. The van der Waals surface area contributed by atoms with Crippen LogP contribution in [0.5, 0.6) is 0 Å². The number of sulfonamides is 1. The summed E-state index contributed by atoms with van der Waals surface area (Å²) in [6.45, 7) is 4.97. The smallest absolute Gasteiger partial charge is 0.304 e. The minimum atomic E-state index is -3.34. The Labute approximate surface area is 103 Å². The molecule has 0 heterocycles.